The van der Waals surface area contributed by atoms with Crippen LogP contribution in [0.3, 0.4) is 0 Å². The Hall–Kier alpha value is -3.37. The Bertz CT molecular complexity index is 1110. The van der Waals surface area contributed by atoms with Gasteiger partial charge >= 0.3 is 0 Å². The van der Waals surface area contributed by atoms with Crippen LogP contribution in [-0.2, 0) is 20.9 Å². The third kappa shape index (κ3) is 5.40. The molecule has 2 heterocycles. The first-order chi connectivity index (χ1) is 16.5. The highest BCUT2D eigenvalue weighted by Gasteiger charge is 2.37. The number of rotatable bonds is 7. The Kier molecular flexibility index (Phi) is 7.49. The Labute approximate surface area is 200 Å². The Morgan fingerprint density at radius 3 is 2.59 bits per heavy atom. The molecule has 2 saturated heterocycles. The maximum atomic E-state index is 13.2. The third-order valence-electron chi connectivity index (χ3n) is 5.34. The highest BCUT2D eigenvalue weighted by atomic mass is 32.2. The van der Waals surface area contributed by atoms with Crippen LogP contribution >= 0.6 is 11.8 Å². The van der Waals surface area contributed by atoms with Gasteiger partial charge in [-0.15, -0.1) is 0 Å². The summed E-state index contributed by atoms with van der Waals surface area (Å²) < 4.78 is 29.8. The first-order valence-corrected chi connectivity index (χ1v) is 11.4. The Morgan fingerprint density at radius 2 is 1.88 bits per heavy atom. The highest BCUT2D eigenvalue weighted by Crippen LogP contribution is 2.37. The molecular formula is C24H23FN2O6S. The van der Waals surface area contributed by atoms with E-state index in [1.807, 2.05) is 0 Å². The molecule has 3 amide bonds. The molecule has 8 nitrogen and oxygen atoms in total. The second-order valence-corrected chi connectivity index (χ2v) is 8.55. The van der Waals surface area contributed by atoms with Crippen LogP contribution < -0.4 is 9.47 Å². The van der Waals surface area contributed by atoms with E-state index in [2.05, 4.69) is 0 Å². The van der Waals surface area contributed by atoms with Gasteiger partial charge in [-0.25, -0.2) is 4.39 Å². The van der Waals surface area contributed by atoms with E-state index in [0.717, 1.165) is 22.2 Å². The number of carbonyl (C=O) groups is 3. The van der Waals surface area contributed by atoms with E-state index in [1.165, 1.54) is 19.2 Å². The maximum Gasteiger partial charge on any atom is 0.294 e. The molecule has 0 saturated carbocycles. The minimum absolute atomic E-state index is 0.150. The number of nitrogens with zero attached hydrogens (tertiary/aromatic N) is 2. The van der Waals surface area contributed by atoms with E-state index in [-0.39, 0.29) is 29.8 Å². The molecule has 0 unspecified atom stereocenters. The van der Waals surface area contributed by atoms with E-state index >= 15 is 0 Å². The molecule has 0 radical (unpaired) electrons. The number of hydrogen-bond acceptors (Lipinski definition) is 7. The number of ether oxygens (including phenoxy) is 3. The molecule has 0 N–H and O–H groups in total. The molecule has 178 valence electrons. The van der Waals surface area contributed by atoms with Gasteiger partial charge in [0, 0.05) is 18.7 Å². The minimum atomic E-state index is -0.538. The molecule has 0 aliphatic carbocycles. The summed E-state index contributed by atoms with van der Waals surface area (Å²) in [6, 6.07) is 11.1. The van der Waals surface area contributed by atoms with Crippen molar-refractivity contribution in [1.82, 2.24) is 9.80 Å². The summed E-state index contributed by atoms with van der Waals surface area (Å²) in [5.74, 6) is -0.354. The van der Waals surface area contributed by atoms with Crippen molar-refractivity contribution in [3.8, 4) is 11.5 Å². The second kappa shape index (κ2) is 10.7. The van der Waals surface area contributed by atoms with Crippen molar-refractivity contribution in [2.24, 2.45) is 0 Å². The summed E-state index contributed by atoms with van der Waals surface area (Å²) in [6.07, 6.45) is 1.55. The summed E-state index contributed by atoms with van der Waals surface area (Å²) in [5.41, 5.74) is 1.28. The molecule has 10 heteroatoms. The van der Waals surface area contributed by atoms with E-state index in [4.69, 9.17) is 14.2 Å². The van der Waals surface area contributed by atoms with Gasteiger partial charge in [0.2, 0.25) is 5.91 Å². The number of thioether (sulfide) groups is 1. The summed E-state index contributed by atoms with van der Waals surface area (Å²) in [7, 11) is 1.50. The highest BCUT2D eigenvalue weighted by molar-refractivity contribution is 8.18. The molecule has 0 bridgehead atoms. The third-order valence-corrected chi connectivity index (χ3v) is 6.25. The lowest BCUT2D eigenvalue weighted by molar-refractivity contribution is -0.139. The zero-order valence-electron chi connectivity index (χ0n) is 18.5. The number of imide groups is 1. The predicted molar refractivity (Wildman–Crippen MR) is 124 cm³/mol. The van der Waals surface area contributed by atoms with Crippen LogP contribution in [0.4, 0.5) is 9.18 Å². The van der Waals surface area contributed by atoms with Gasteiger partial charge in [-0.1, -0.05) is 24.3 Å². The second-order valence-electron chi connectivity index (χ2n) is 7.55. The molecular weight excluding hydrogens is 463 g/mol. The monoisotopic (exact) mass is 486 g/mol. The number of morpholine rings is 1. The van der Waals surface area contributed by atoms with Gasteiger partial charge in [0.1, 0.15) is 19.0 Å². The first kappa shape index (κ1) is 23.8. The number of methoxy groups -OCH3 is 1. The van der Waals surface area contributed by atoms with Gasteiger partial charge in [-0.05, 0) is 41.6 Å². The number of amides is 3. The van der Waals surface area contributed by atoms with Crippen molar-refractivity contribution in [3.05, 3.63) is 64.3 Å². The molecule has 2 aliphatic rings. The lowest BCUT2D eigenvalue weighted by Crippen LogP contribution is -2.46. The van der Waals surface area contributed by atoms with Crippen molar-refractivity contribution in [2.45, 2.75) is 6.61 Å². The molecule has 2 aliphatic heterocycles. The minimum Gasteiger partial charge on any atom is -0.493 e. The number of benzene rings is 2. The first-order valence-electron chi connectivity index (χ1n) is 10.6. The summed E-state index contributed by atoms with van der Waals surface area (Å²) in [4.78, 5) is 40.7. The van der Waals surface area contributed by atoms with Crippen molar-refractivity contribution >= 4 is 34.9 Å². The van der Waals surface area contributed by atoms with E-state index in [9.17, 15) is 18.8 Å². The zero-order chi connectivity index (χ0) is 24.1. The van der Waals surface area contributed by atoms with Crippen LogP contribution in [0.1, 0.15) is 11.1 Å². The zero-order valence-corrected chi connectivity index (χ0v) is 19.3. The van der Waals surface area contributed by atoms with Crippen LogP contribution in [-0.4, -0.2) is 66.8 Å². The SMILES string of the molecule is COc1cccc(/C=C2\SC(=O)N(CC(=O)N3CCOCC3)C2=O)c1OCc1ccc(F)cc1. The van der Waals surface area contributed by atoms with Gasteiger partial charge in [0.25, 0.3) is 11.1 Å². The van der Waals surface area contributed by atoms with Crippen LogP contribution in [0, 0.1) is 5.82 Å². The normalized spacial score (nSPS) is 17.4. The number of halogens is 1. The molecule has 0 atom stereocenters. The van der Waals surface area contributed by atoms with Crippen LogP contribution in [0.15, 0.2) is 47.4 Å². The summed E-state index contributed by atoms with van der Waals surface area (Å²) in [6.45, 7) is 1.58. The maximum absolute atomic E-state index is 13.2. The Balaban J connectivity index is 1.52. The molecule has 4 rings (SSSR count). The van der Waals surface area contributed by atoms with Gasteiger partial charge < -0.3 is 19.1 Å². The fraction of sp³-hybridized carbons (Fsp3) is 0.292. The fourth-order valence-corrected chi connectivity index (χ4v) is 4.35. The van der Waals surface area contributed by atoms with Crippen LogP contribution in [0.25, 0.3) is 6.08 Å². The number of carbonyl (C=O) groups excluding carboxylic acids is 3. The lowest BCUT2D eigenvalue weighted by Gasteiger charge is -2.28. The van der Waals surface area contributed by atoms with Gasteiger partial charge in [-0.2, -0.15) is 0 Å². The summed E-state index contributed by atoms with van der Waals surface area (Å²) in [5, 5.41) is -0.505. The van der Waals surface area contributed by atoms with Crippen molar-refractivity contribution < 1.29 is 33.0 Å². The standard InChI is InChI=1S/C24H23FN2O6S/c1-31-19-4-2-3-17(22(19)33-15-16-5-7-18(25)8-6-16)13-20-23(29)27(24(30)34-20)14-21(28)26-9-11-32-12-10-26/h2-8,13H,9-12,14-15H2,1H3/b20-13-. The molecule has 34 heavy (non-hydrogen) atoms. The summed E-state index contributed by atoms with van der Waals surface area (Å²) >= 11 is 0.769. The molecule has 2 fully saturated rings. The van der Waals surface area contributed by atoms with Crippen LogP contribution in [0.5, 0.6) is 11.5 Å². The predicted octanol–water partition coefficient (Wildman–Crippen LogP) is 3.31. The average molecular weight is 487 g/mol. The molecule has 2 aromatic rings. The molecule has 2 aromatic carbocycles. The molecule has 0 aromatic heterocycles. The largest absolute Gasteiger partial charge is 0.493 e. The van der Waals surface area contributed by atoms with E-state index in [0.29, 0.717) is 43.4 Å². The average Bonchev–Trinajstić information content (AvgIpc) is 3.11. The van der Waals surface area contributed by atoms with Crippen molar-refractivity contribution in [1.29, 1.82) is 0 Å². The van der Waals surface area contributed by atoms with Crippen molar-refractivity contribution in [2.75, 3.05) is 40.0 Å². The smallest absolute Gasteiger partial charge is 0.294 e. The quantitative estimate of drug-likeness (QED) is 0.555. The van der Waals surface area contributed by atoms with E-state index < -0.39 is 11.1 Å². The number of hydrogen-bond donors (Lipinski definition) is 0. The van der Waals surface area contributed by atoms with Crippen LogP contribution in [0.2, 0.25) is 0 Å². The number of para-hydroxylation sites is 1. The van der Waals surface area contributed by atoms with Gasteiger partial charge in [0.15, 0.2) is 11.5 Å². The topological polar surface area (TPSA) is 85.4 Å². The van der Waals surface area contributed by atoms with Crippen molar-refractivity contribution in [3.63, 3.8) is 0 Å². The van der Waals surface area contributed by atoms with E-state index in [1.54, 1.807) is 41.3 Å². The fourth-order valence-electron chi connectivity index (χ4n) is 3.52. The Morgan fingerprint density at radius 1 is 1.15 bits per heavy atom. The van der Waals surface area contributed by atoms with Gasteiger partial charge in [-0.3, -0.25) is 19.3 Å². The molecule has 0 spiro atoms. The lowest BCUT2D eigenvalue weighted by atomic mass is 10.1. The van der Waals surface area contributed by atoms with Gasteiger partial charge in [0.05, 0.1) is 25.2 Å².